The van der Waals surface area contributed by atoms with Gasteiger partial charge in [0.05, 0.1) is 11.4 Å². The molecule has 0 fully saturated rings. The Morgan fingerprint density at radius 1 is 1.20 bits per heavy atom. The third-order valence-corrected chi connectivity index (χ3v) is 4.82. The summed E-state index contributed by atoms with van der Waals surface area (Å²) in [6, 6.07) is 10.3. The van der Waals surface area contributed by atoms with Gasteiger partial charge in [-0.25, -0.2) is 13.8 Å². The van der Waals surface area contributed by atoms with Crippen molar-refractivity contribution in [3.63, 3.8) is 0 Å². The zero-order valence-electron chi connectivity index (χ0n) is 12.9. The van der Waals surface area contributed by atoms with Crippen LogP contribution in [0.15, 0.2) is 46.9 Å². The summed E-state index contributed by atoms with van der Waals surface area (Å²) < 4.78 is 27.7. The summed E-state index contributed by atoms with van der Waals surface area (Å²) in [6.45, 7) is 1.68. The molecule has 3 aromatic rings. The van der Waals surface area contributed by atoms with E-state index in [0.29, 0.717) is 25.9 Å². The first-order valence-corrected chi connectivity index (χ1v) is 8.80. The molecule has 0 radical (unpaired) electrons. The second-order valence-corrected chi connectivity index (χ2v) is 7.06. The van der Waals surface area contributed by atoms with Crippen molar-refractivity contribution in [2.75, 3.05) is 10.6 Å². The third-order valence-electron chi connectivity index (χ3n) is 3.26. The standard InChI is InChI=1S/C17H12BrF2N3OS/c1-9-15(16(24)23-14-6-5-10(18)7-13(14)20)25-17(21-9)22-12-4-2-3-11(19)8-12/h2-8H,1H3,(H,21,22)(H,23,24). The molecule has 25 heavy (non-hydrogen) atoms. The van der Waals surface area contributed by atoms with Gasteiger partial charge in [-0.05, 0) is 43.3 Å². The lowest BCUT2D eigenvalue weighted by molar-refractivity contribution is 0.102. The summed E-state index contributed by atoms with van der Waals surface area (Å²) in [5, 5.41) is 5.93. The topological polar surface area (TPSA) is 54.0 Å². The van der Waals surface area contributed by atoms with Gasteiger partial charge in [0.1, 0.15) is 16.5 Å². The molecule has 3 rings (SSSR count). The largest absolute Gasteiger partial charge is 0.331 e. The SMILES string of the molecule is Cc1nc(Nc2cccc(F)c2)sc1C(=O)Nc1ccc(Br)cc1F. The third kappa shape index (κ3) is 4.21. The molecule has 1 heterocycles. The summed E-state index contributed by atoms with van der Waals surface area (Å²) in [7, 11) is 0. The highest BCUT2D eigenvalue weighted by molar-refractivity contribution is 9.10. The lowest BCUT2D eigenvalue weighted by Gasteiger charge is -2.05. The molecule has 0 atom stereocenters. The zero-order valence-corrected chi connectivity index (χ0v) is 15.3. The highest BCUT2D eigenvalue weighted by atomic mass is 79.9. The van der Waals surface area contributed by atoms with Crippen molar-refractivity contribution in [1.29, 1.82) is 0 Å². The molecule has 0 aliphatic rings. The second-order valence-electron chi connectivity index (χ2n) is 5.15. The Bertz CT molecular complexity index is 945. The van der Waals surface area contributed by atoms with Crippen molar-refractivity contribution >= 4 is 49.7 Å². The molecular weight excluding hydrogens is 412 g/mol. The van der Waals surface area contributed by atoms with Crippen LogP contribution in [0.3, 0.4) is 0 Å². The van der Waals surface area contributed by atoms with E-state index in [1.807, 2.05) is 0 Å². The maximum atomic E-state index is 13.9. The van der Waals surface area contributed by atoms with Gasteiger partial charge in [-0.15, -0.1) is 0 Å². The molecule has 0 aliphatic carbocycles. The molecule has 1 amide bonds. The van der Waals surface area contributed by atoms with E-state index in [9.17, 15) is 13.6 Å². The van der Waals surface area contributed by atoms with E-state index in [1.54, 1.807) is 25.1 Å². The average Bonchev–Trinajstić information content (AvgIpc) is 2.90. The number of carbonyl (C=O) groups is 1. The van der Waals surface area contributed by atoms with Crippen LogP contribution in [0.2, 0.25) is 0 Å². The van der Waals surface area contributed by atoms with Gasteiger partial charge < -0.3 is 10.6 Å². The van der Waals surface area contributed by atoms with Crippen molar-refractivity contribution in [2.24, 2.45) is 0 Å². The van der Waals surface area contributed by atoms with Crippen LogP contribution in [0.1, 0.15) is 15.4 Å². The first kappa shape index (κ1) is 17.5. The number of aryl methyl sites for hydroxylation is 1. The van der Waals surface area contributed by atoms with Crippen LogP contribution in [0.4, 0.5) is 25.3 Å². The second kappa shape index (κ2) is 7.28. The molecule has 2 N–H and O–H groups in total. The fraction of sp³-hybridized carbons (Fsp3) is 0.0588. The smallest absolute Gasteiger partial charge is 0.267 e. The quantitative estimate of drug-likeness (QED) is 0.583. The number of carbonyl (C=O) groups excluding carboxylic acids is 1. The monoisotopic (exact) mass is 423 g/mol. The predicted molar refractivity (Wildman–Crippen MR) is 98.6 cm³/mol. The normalized spacial score (nSPS) is 10.6. The fourth-order valence-electron chi connectivity index (χ4n) is 2.12. The molecule has 0 spiro atoms. The van der Waals surface area contributed by atoms with Crippen LogP contribution in [0.5, 0.6) is 0 Å². The number of halogens is 3. The summed E-state index contributed by atoms with van der Waals surface area (Å²) in [4.78, 5) is 17.0. The van der Waals surface area contributed by atoms with Crippen LogP contribution >= 0.6 is 27.3 Å². The van der Waals surface area contributed by atoms with Gasteiger partial charge in [-0.3, -0.25) is 4.79 Å². The van der Waals surface area contributed by atoms with Crippen LogP contribution in [-0.4, -0.2) is 10.9 Å². The Morgan fingerprint density at radius 3 is 2.72 bits per heavy atom. The highest BCUT2D eigenvalue weighted by Gasteiger charge is 2.17. The zero-order chi connectivity index (χ0) is 18.0. The van der Waals surface area contributed by atoms with Gasteiger partial charge in [0.2, 0.25) is 0 Å². The fourth-order valence-corrected chi connectivity index (χ4v) is 3.34. The Kier molecular flexibility index (Phi) is 5.10. The van der Waals surface area contributed by atoms with Crippen molar-refractivity contribution in [2.45, 2.75) is 6.92 Å². The van der Waals surface area contributed by atoms with Crippen LogP contribution < -0.4 is 10.6 Å². The molecular formula is C17H12BrF2N3OS. The Hall–Kier alpha value is -2.32. The Labute approximate surface area is 155 Å². The van der Waals surface area contributed by atoms with Crippen LogP contribution in [0, 0.1) is 18.6 Å². The van der Waals surface area contributed by atoms with Gasteiger partial charge in [-0.1, -0.05) is 33.3 Å². The number of nitrogens with zero attached hydrogens (tertiary/aromatic N) is 1. The minimum absolute atomic E-state index is 0.0839. The molecule has 0 bridgehead atoms. The van der Waals surface area contributed by atoms with Gasteiger partial charge in [0, 0.05) is 10.2 Å². The number of nitrogens with one attached hydrogen (secondary N) is 2. The maximum Gasteiger partial charge on any atom is 0.267 e. The van der Waals surface area contributed by atoms with Gasteiger partial charge in [0.15, 0.2) is 5.13 Å². The number of thiazole rings is 1. The lowest BCUT2D eigenvalue weighted by Crippen LogP contribution is -2.12. The Balaban J connectivity index is 1.78. The molecule has 2 aromatic carbocycles. The molecule has 0 saturated carbocycles. The first-order valence-electron chi connectivity index (χ1n) is 7.19. The Morgan fingerprint density at radius 2 is 2.00 bits per heavy atom. The summed E-state index contributed by atoms with van der Waals surface area (Å²) in [5.74, 6) is -1.37. The molecule has 0 saturated heterocycles. The number of anilines is 3. The molecule has 8 heteroatoms. The van der Waals surface area contributed by atoms with Gasteiger partial charge in [0.25, 0.3) is 5.91 Å². The van der Waals surface area contributed by atoms with Crippen molar-refractivity contribution in [1.82, 2.24) is 4.98 Å². The van der Waals surface area contributed by atoms with E-state index in [-0.39, 0.29) is 11.5 Å². The average molecular weight is 424 g/mol. The molecule has 1 aromatic heterocycles. The molecule has 0 aliphatic heterocycles. The number of hydrogen-bond acceptors (Lipinski definition) is 4. The van der Waals surface area contributed by atoms with Crippen LogP contribution in [0.25, 0.3) is 0 Å². The lowest BCUT2D eigenvalue weighted by atomic mass is 10.3. The van der Waals surface area contributed by atoms with E-state index >= 15 is 0 Å². The van der Waals surface area contributed by atoms with Gasteiger partial charge >= 0.3 is 0 Å². The number of aromatic nitrogens is 1. The first-order chi connectivity index (χ1) is 11.9. The van der Waals surface area contributed by atoms with E-state index in [0.717, 1.165) is 11.3 Å². The van der Waals surface area contributed by atoms with E-state index < -0.39 is 11.7 Å². The predicted octanol–water partition coefficient (Wildman–Crippen LogP) is 5.49. The van der Waals surface area contributed by atoms with E-state index in [4.69, 9.17) is 0 Å². The number of benzene rings is 2. The molecule has 0 unspecified atom stereocenters. The minimum atomic E-state index is -0.539. The molecule has 4 nitrogen and oxygen atoms in total. The summed E-state index contributed by atoms with van der Waals surface area (Å²) in [5.41, 5.74) is 1.11. The minimum Gasteiger partial charge on any atom is -0.331 e. The van der Waals surface area contributed by atoms with Crippen molar-refractivity contribution in [3.05, 3.63) is 69.1 Å². The number of hydrogen-bond donors (Lipinski definition) is 2. The van der Waals surface area contributed by atoms with E-state index in [1.165, 1.54) is 24.3 Å². The number of rotatable bonds is 4. The summed E-state index contributed by atoms with van der Waals surface area (Å²) in [6.07, 6.45) is 0. The van der Waals surface area contributed by atoms with Gasteiger partial charge in [-0.2, -0.15) is 0 Å². The summed E-state index contributed by atoms with van der Waals surface area (Å²) >= 11 is 4.27. The molecule has 128 valence electrons. The van der Waals surface area contributed by atoms with Crippen molar-refractivity contribution in [3.8, 4) is 0 Å². The van der Waals surface area contributed by atoms with E-state index in [2.05, 4.69) is 31.5 Å². The number of amides is 1. The van der Waals surface area contributed by atoms with Crippen molar-refractivity contribution < 1.29 is 13.6 Å². The maximum absolute atomic E-state index is 13.9. The highest BCUT2D eigenvalue weighted by Crippen LogP contribution is 2.27. The van der Waals surface area contributed by atoms with Crippen LogP contribution in [-0.2, 0) is 0 Å².